The average molecular weight is 361 g/mol. The van der Waals surface area contributed by atoms with Crippen LogP contribution in [0.5, 0.6) is 0 Å². The number of nitrogens with zero attached hydrogens (tertiary/aromatic N) is 2. The van der Waals surface area contributed by atoms with E-state index in [0.29, 0.717) is 16.8 Å². The lowest BCUT2D eigenvalue weighted by atomic mass is 10.2. The predicted molar refractivity (Wildman–Crippen MR) is 90.2 cm³/mol. The summed E-state index contributed by atoms with van der Waals surface area (Å²) >= 11 is 1.07. The Balaban J connectivity index is 1.58. The monoisotopic (exact) mass is 361 g/mol. The van der Waals surface area contributed by atoms with Crippen LogP contribution in [0.15, 0.2) is 52.1 Å². The molecule has 3 aromatic rings. The van der Waals surface area contributed by atoms with Gasteiger partial charge < -0.3 is 9.73 Å². The van der Waals surface area contributed by atoms with Crippen molar-refractivity contribution in [2.45, 2.75) is 12.1 Å². The van der Waals surface area contributed by atoms with Crippen LogP contribution in [0.1, 0.15) is 5.56 Å². The number of hydrogen-bond acceptors (Lipinski definition) is 5. The van der Waals surface area contributed by atoms with Gasteiger partial charge in [-0.2, -0.15) is 0 Å². The molecule has 0 unspecified atom stereocenters. The van der Waals surface area contributed by atoms with Gasteiger partial charge in [0.15, 0.2) is 0 Å². The summed E-state index contributed by atoms with van der Waals surface area (Å²) < 4.78 is 31.4. The standard InChI is InChI=1S/C17H13F2N3O2S/c1-10-8-13(19)6-7-14(10)20-15(23)9-25-17-22-21-16(24-17)11-2-4-12(18)5-3-11/h2-8H,9H2,1H3,(H,20,23). The Morgan fingerprint density at radius 2 is 1.84 bits per heavy atom. The highest BCUT2D eigenvalue weighted by Crippen LogP contribution is 2.23. The van der Waals surface area contributed by atoms with Crippen molar-refractivity contribution in [2.24, 2.45) is 0 Å². The number of thioether (sulfide) groups is 1. The van der Waals surface area contributed by atoms with E-state index >= 15 is 0 Å². The van der Waals surface area contributed by atoms with Crippen molar-refractivity contribution in [1.82, 2.24) is 10.2 Å². The summed E-state index contributed by atoms with van der Waals surface area (Å²) in [6, 6.07) is 9.78. The first-order chi connectivity index (χ1) is 12.0. The number of amides is 1. The maximum atomic E-state index is 13.1. The maximum Gasteiger partial charge on any atom is 0.277 e. The van der Waals surface area contributed by atoms with Gasteiger partial charge in [-0.15, -0.1) is 10.2 Å². The molecule has 0 saturated heterocycles. The van der Waals surface area contributed by atoms with E-state index in [4.69, 9.17) is 4.42 Å². The summed E-state index contributed by atoms with van der Waals surface area (Å²) in [5.74, 6) is -0.685. The topological polar surface area (TPSA) is 68.0 Å². The molecule has 0 saturated carbocycles. The van der Waals surface area contributed by atoms with Crippen LogP contribution in [0.2, 0.25) is 0 Å². The Hall–Kier alpha value is -2.74. The van der Waals surface area contributed by atoms with Crippen LogP contribution in [0.3, 0.4) is 0 Å². The quantitative estimate of drug-likeness (QED) is 0.694. The van der Waals surface area contributed by atoms with Crippen molar-refractivity contribution < 1.29 is 18.0 Å². The predicted octanol–water partition coefficient (Wildman–Crippen LogP) is 4.05. The Bertz CT molecular complexity index is 897. The van der Waals surface area contributed by atoms with E-state index in [1.165, 1.54) is 42.5 Å². The van der Waals surface area contributed by atoms with Crippen LogP contribution in [0.4, 0.5) is 14.5 Å². The summed E-state index contributed by atoms with van der Waals surface area (Å²) in [5.41, 5.74) is 1.77. The molecule has 0 radical (unpaired) electrons. The van der Waals surface area contributed by atoms with Crippen LogP contribution in [-0.4, -0.2) is 21.9 Å². The largest absolute Gasteiger partial charge is 0.411 e. The molecule has 3 rings (SSSR count). The highest BCUT2D eigenvalue weighted by Gasteiger charge is 2.12. The number of hydrogen-bond donors (Lipinski definition) is 1. The van der Waals surface area contributed by atoms with Crippen molar-refractivity contribution in [3.05, 3.63) is 59.7 Å². The molecule has 0 aliphatic heterocycles. The van der Waals surface area contributed by atoms with Gasteiger partial charge in [0, 0.05) is 11.3 Å². The number of halogens is 2. The van der Waals surface area contributed by atoms with E-state index in [-0.39, 0.29) is 34.4 Å². The van der Waals surface area contributed by atoms with Gasteiger partial charge in [-0.25, -0.2) is 8.78 Å². The van der Waals surface area contributed by atoms with Gasteiger partial charge in [0.05, 0.1) is 5.75 Å². The number of rotatable bonds is 5. The number of nitrogens with one attached hydrogen (secondary N) is 1. The number of benzene rings is 2. The second kappa shape index (κ2) is 7.43. The fourth-order valence-corrected chi connectivity index (χ4v) is 2.62. The molecule has 1 N–H and O–H groups in total. The van der Waals surface area contributed by atoms with Crippen molar-refractivity contribution >= 4 is 23.4 Å². The van der Waals surface area contributed by atoms with Gasteiger partial charge in [0.25, 0.3) is 5.22 Å². The van der Waals surface area contributed by atoms with Gasteiger partial charge in [-0.05, 0) is 55.0 Å². The minimum atomic E-state index is -0.357. The van der Waals surface area contributed by atoms with Crippen molar-refractivity contribution in [1.29, 1.82) is 0 Å². The van der Waals surface area contributed by atoms with Crippen LogP contribution in [0.25, 0.3) is 11.5 Å². The summed E-state index contributed by atoms with van der Waals surface area (Å²) in [4.78, 5) is 12.0. The smallest absolute Gasteiger partial charge is 0.277 e. The maximum absolute atomic E-state index is 13.1. The molecule has 8 heteroatoms. The Labute approximate surface area is 146 Å². The van der Waals surface area contributed by atoms with E-state index in [1.54, 1.807) is 6.92 Å². The lowest BCUT2D eigenvalue weighted by molar-refractivity contribution is -0.113. The Morgan fingerprint density at radius 1 is 1.12 bits per heavy atom. The Kier molecular flexibility index (Phi) is 5.08. The molecule has 0 fully saturated rings. The molecule has 1 aromatic heterocycles. The summed E-state index contributed by atoms with van der Waals surface area (Å²) in [7, 11) is 0. The zero-order chi connectivity index (χ0) is 17.8. The average Bonchev–Trinajstić information content (AvgIpc) is 3.05. The fraction of sp³-hybridized carbons (Fsp3) is 0.118. The van der Waals surface area contributed by atoms with Crippen molar-refractivity contribution in [3.8, 4) is 11.5 Å². The molecule has 128 valence electrons. The number of anilines is 1. The number of aryl methyl sites for hydroxylation is 1. The van der Waals surface area contributed by atoms with Crippen molar-refractivity contribution in [2.75, 3.05) is 11.1 Å². The van der Waals surface area contributed by atoms with Crippen LogP contribution < -0.4 is 5.32 Å². The molecule has 25 heavy (non-hydrogen) atoms. The molecule has 0 atom stereocenters. The second-order valence-electron chi connectivity index (χ2n) is 5.18. The molecule has 1 amide bonds. The molecule has 5 nitrogen and oxygen atoms in total. The molecular formula is C17H13F2N3O2S. The minimum Gasteiger partial charge on any atom is -0.411 e. The van der Waals surface area contributed by atoms with Crippen molar-refractivity contribution in [3.63, 3.8) is 0 Å². The van der Waals surface area contributed by atoms with E-state index in [9.17, 15) is 13.6 Å². The lowest BCUT2D eigenvalue weighted by Gasteiger charge is -2.07. The zero-order valence-corrected chi connectivity index (χ0v) is 13.9. The first-order valence-electron chi connectivity index (χ1n) is 7.29. The van der Waals surface area contributed by atoms with E-state index in [0.717, 1.165) is 11.8 Å². The van der Waals surface area contributed by atoms with E-state index in [2.05, 4.69) is 15.5 Å². The molecule has 0 aliphatic carbocycles. The van der Waals surface area contributed by atoms with Crippen LogP contribution >= 0.6 is 11.8 Å². The zero-order valence-electron chi connectivity index (χ0n) is 13.1. The van der Waals surface area contributed by atoms with Gasteiger partial charge in [-0.3, -0.25) is 4.79 Å². The van der Waals surface area contributed by atoms with E-state index < -0.39 is 0 Å². The second-order valence-corrected chi connectivity index (χ2v) is 6.10. The third kappa shape index (κ3) is 4.42. The van der Waals surface area contributed by atoms with Gasteiger partial charge in [0.2, 0.25) is 11.8 Å². The molecular weight excluding hydrogens is 348 g/mol. The number of carbonyl (C=O) groups is 1. The minimum absolute atomic E-state index is 0.0574. The molecule has 0 aliphatic rings. The SMILES string of the molecule is Cc1cc(F)ccc1NC(=O)CSc1nnc(-c2ccc(F)cc2)o1. The lowest BCUT2D eigenvalue weighted by Crippen LogP contribution is -2.14. The normalized spacial score (nSPS) is 10.7. The van der Waals surface area contributed by atoms with Crippen LogP contribution in [0, 0.1) is 18.6 Å². The third-order valence-electron chi connectivity index (χ3n) is 3.29. The first-order valence-corrected chi connectivity index (χ1v) is 8.28. The molecule has 2 aromatic carbocycles. The highest BCUT2D eigenvalue weighted by molar-refractivity contribution is 7.99. The summed E-state index contributed by atoms with van der Waals surface area (Å²) in [6.07, 6.45) is 0. The van der Waals surface area contributed by atoms with E-state index in [1.807, 2.05) is 0 Å². The summed E-state index contributed by atoms with van der Waals surface area (Å²) in [5, 5.41) is 10.6. The van der Waals surface area contributed by atoms with Gasteiger partial charge >= 0.3 is 0 Å². The highest BCUT2D eigenvalue weighted by atomic mass is 32.2. The molecule has 0 bridgehead atoms. The summed E-state index contributed by atoms with van der Waals surface area (Å²) in [6.45, 7) is 1.71. The fourth-order valence-electron chi connectivity index (χ4n) is 2.06. The third-order valence-corrected chi connectivity index (χ3v) is 4.11. The van der Waals surface area contributed by atoms with Gasteiger partial charge in [0.1, 0.15) is 11.6 Å². The number of aromatic nitrogens is 2. The number of carbonyl (C=O) groups excluding carboxylic acids is 1. The van der Waals surface area contributed by atoms with Crippen LogP contribution in [-0.2, 0) is 4.79 Å². The first kappa shape index (κ1) is 17.1. The molecule has 0 spiro atoms. The molecule has 1 heterocycles. The Morgan fingerprint density at radius 3 is 2.56 bits per heavy atom. The van der Waals surface area contributed by atoms with Gasteiger partial charge in [-0.1, -0.05) is 11.8 Å².